The fourth-order valence-corrected chi connectivity index (χ4v) is 9.82. The summed E-state index contributed by atoms with van der Waals surface area (Å²) in [6.45, 7) is 10.3. The smallest absolute Gasteiger partial charge is 0.404 e. The van der Waals surface area contributed by atoms with E-state index in [2.05, 4.69) is 10.0 Å². The lowest BCUT2D eigenvalue weighted by atomic mass is 9.86. The van der Waals surface area contributed by atoms with Crippen LogP contribution < -0.4 is 25.2 Å². The molecule has 3 fully saturated rings. The third kappa shape index (κ3) is 9.18. The van der Waals surface area contributed by atoms with E-state index in [-0.39, 0.29) is 42.5 Å². The van der Waals surface area contributed by atoms with Gasteiger partial charge in [0.15, 0.2) is 0 Å². The molecule has 5 unspecified atom stereocenters. The van der Waals surface area contributed by atoms with Crippen LogP contribution in [0.4, 0.5) is 4.79 Å². The van der Waals surface area contributed by atoms with Gasteiger partial charge in [-0.1, -0.05) is 53.9 Å². The molecule has 2 aromatic rings. The molecular weight excluding hydrogens is 739 g/mol. The highest BCUT2D eigenvalue weighted by Gasteiger charge is 2.63. The van der Waals surface area contributed by atoms with Gasteiger partial charge in [-0.25, -0.2) is 18.2 Å². The van der Waals surface area contributed by atoms with Crippen molar-refractivity contribution in [3.05, 3.63) is 29.5 Å². The second kappa shape index (κ2) is 16.0. The summed E-state index contributed by atoms with van der Waals surface area (Å²) in [5, 5.41) is 3.32. The number of primary amides is 1. The number of hydrogen-bond donors (Lipinski definition) is 3. The molecule has 4 amide bonds. The molecular formula is C41H59N5O9S. The number of nitrogens with one attached hydrogen (secondary N) is 2. The normalized spacial score (nSPS) is 24.9. The first-order valence-corrected chi connectivity index (χ1v) is 21.7. The van der Waals surface area contributed by atoms with Crippen molar-refractivity contribution in [2.75, 3.05) is 20.3 Å². The van der Waals surface area contributed by atoms with Crippen molar-refractivity contribution in [1.82, 2.24) is 19.9 Å². The summed E-state index contributed by atoms with van der Waals surface area (Å²) in [4.78, 5) is 59.8. The lowest BCUT2D eigenvalue weighted by Gasteiger charge is -2.37. The van der Waals surface area contributed by atoms with Crippen molar-refractivity contribution in [3.63, 3.8) is 0 Å². The molecule has 2 saturated carbocycles. The van der Waals surface area contributed by atoms with Gasteiger partial charge in [0, 0.05) is 23.8 Å². The van der Waals surface area contributed by atoms with Gasteiger partial charge in [-0.3, -0.25) is 19.1 Å². The predicted octanol–water partition coefficient (Wildman–Crippen LogP) is 5.07. The number of nitrogens with zero attached hydrogens (tertiary/aromatic N) is 2. The van der Waals surface area contributed by atoms with E-state index >= 15 is 0 Å². The Kier molecular flexibility index (Phi) is 11.9. The number of nitrogens with two attached hydrogens (primary N) is 1. The van der Waals surface area contributed by atoms with Crippen LogP contribution in [0.15, 0.2) is 18.2 Å². The number of fused-ring (bicyclic) bond motifs is 3. The van der Waals surface area contributed by atoms with E-state index in [0.29, 0.717) is 63.1 Å². The summed E-state index contributed by atoms with van der Waals surface area (Å²) in [7, 11) is -2.20. The third-order valence-electron chi connectivity index (χ3n) is 11.8. The predicted molar refractivity (Wildman–Crippen MR) is 210 cm³/mol. The average molecular weight is 798 g/mol. The van der Waals surface area contributed by atoms with Crippen LogP contribution in [0.1, 0.15) is 117 Å². The molecule has 56 heavy (non-hydrogen) atoms. The monoisotopic (exact) mass is 797 g/mol. The van der Waals surface area contributed by atoms with Crippen molar-refractivity contribution in [1.29, 1.82) is 0 Å². The van der Waals surface area contributed by atoms with Crippen LogP contribution in [0, 0.1) is 17.3 Å². The number of pyridine rings is 1. The molecule has 1 aromatic heterocycles. The van der Waals surface area contributed by atoms with E-state index in [9.17, 15) is 27.6 Å². The Labute approximate surface area is 330 Å². The summed E-state index contributed by atoms with van der Waals surface area (Å²) >= 11 is 0. The lowest BCUT2D eigenvalue weighted by Crippen LogP contribution is -2.56. The number of likely N-dealkylation sites (tertiary alicyclic amines) is 1. The highest BCUT2D eigenvalue weighted by atomic mass is 32.2. The van der Waals surface area contributed by atoms with Gasteiger partial charge in [-0.2, -0.15) is 0 Å². The molecule has 2 aliphatic heterocycles. The number of aromatic nitrogens is 1. The first-order valence-electron chi connectivity index (χ1n) is 20.2. The number of carbonyl (C=O) groups is 4. The summed E-state index contributed by atoms with van der Waals surface area (Å²) in [5.74, 6) is -0.0223. The quantitative estimate of drug-likeness (QED) is 0.193. The molecule has 4 N–H and O–H groups in total. The Balaban J connectivity index is 1.26. The van der Waals surface area contributed by atoms with Crippen molar-refractivity contribution in [2.24, 2.45) is 23.0 Å². The standard InChI is InChI=1S/C41H59N5O9S/c1-7-26-20-41(26,37(49)45-56(51,52)28-14-15-28)44-36(48)33-21-40(24-46(33)34(47)22-39(3,4)5)18-17-29-30-19-27(53-6)13-16-31(30)43-32(35(29)55-40)12-10-8-9-11-25(2)23-54-38(42)50/h13,16,19,25-26,28,33H,7-12,14-15,17-18,20-24H2,1-6H3,(H2,42,50)(H,44,48)(H,45,49). The number of methoxy groups -OCH3 is 1. The molecule has 2 aliphatic carbocycles. The Bertz CT molecular complexity index is 1960. The zero-order valence-electron chi connectivity index (χ0n) is 33.7. The molecule has 1 spiro atoms. The average Bonchev–Trinajstić information content (AvgIpc) is 4.07. The van der Waals surface area contributed by atoms with Crippen LogP contribution in [-0.4, -0.2) is 84.8 Å². The van der Waals surface area contributed by atoms with Crippen LogP contribution in [0.25, 0.3) is 10.9 Å². The van der Waals surface area contributed by atoms with Crippen LogP contribution in [-0.2, 0) is 42.0 Å². The molecule has 0 bridgehead atoms. The third-order valence-corrected chi connectivity index (χ3v) is 13.7. The van der Waals surface area contributed by atoms with E-state index in [1.165, 1.54) is 0 Å². The SMILES string of the molecule is CCC1CC1(NC(=O)C1CC2(CCc3c(c(CCCCCC(C)COC(N)=O)nc4ccc(OC)cc34)O2)CN1C(=O)CC(C)(C)C)C(=O)NS(=O)(=O)C1CC1. The number of amides is 4. The number of ether oxygens (including phenoxy) is 3. The molecule has 14 nitrogen and oxygen atoms in total. The van der Waals surface area contributed by atoms with E-state index in [1.54, 1.807) is 12.0 Å². The number of aryl methyl sites for hydroxylation is 2. The van der Waals surface area contributed by atoms with Gasteiger partial charge in [0.2, 0.25) is 21.8 Å². The van der Waals surface area contributed by atoms with Gasteiger partial charge < -0.3 is 30.2 Å². The summed E-state index contributed by atoms with van der Waals surface area (Å²) < 4.78 is 45.4. The van der Waals surface area contributed by atoms with Crippen molar-refractivity contribution >= 4 is 44.7 Å². The molecule has 6 rings (SSSR count). The Morgan fingerprint density at radius 2 is 1.88 bits per heavy atom. The zero-order valence-corrected chi connectivity index (χ0v) is 34.5. The lowest BCUT2D eigenvalue weighted by molar-refractivity contribution is -0.141. The van der Waals surface area contributed by atoms with Crippen LogP contribution in [0.2, 0.25) is 0 Å². The van der Waals surface area contributed by atoms with E-state index < -0.39 is 50.4 Å². The van der Waals surface area contributed by atoms with Crippen LogP contribution in [0.5, 0.6) is 11.5 Å². The minimum Gasteiger partial charge on any atom is -0.497 e. The minimum absolute atomic E-state index is 0.182. The number of benzene rings is 1. The Morgan fingerprint density at radius 3 is 2.52 bits per heavy atom. The number of sulfonamides is 1. The maximum absolute atomic E-state index is 14.4. The van der Waals surface area contributed by atoms with Crippen molar-refractivity contribution in [2.45, 2.75) is 141 Å². The maximum atomic E-state index is 14.4. The van der Waals surface area contributed by atoms with Crippen molar-refractivity contribution < 1.29 is 41.8 Å². The molecule has 15 heteroatoms. The summed E-state index contributed by atoms with van der Waals surface area (Å²) in [6, 6.07) is 4.89. The van der Waals surface area contributed by atoms with Gasteiger partial charge in [0.05, 0.1) is 36.7 Å². The van der Waals surface area contributed by atoms with Gasteiger partial charge in [0.1, 0.15) is 28.7 Å². The summed E-state index contributed by atoms with van der Waals surface area (Å²) in [5.41, 5.74) is 5.20. The maximum Gasteiger partial charge on any atom is 0.404 e. The minimum atomic E-state index is -3.82. The zero-order chi connectivity index (χ0) is 40.6. The number of hydrogen-bond acceptors (Lipinski definition) is 10. The largest absolute Gasteiger partial charge is 0.497 e. The number of rotatable bonds is 16. The molecule has 5 atom stereocenters. The molecule has 4 aliphatic rings. The van der Waals surface area contributed by atoms with Gasteiger partial charge in [-0.15, -0.1) is 0 Å². The van der Waals surface area contributed by atoms with E-state index in [0.717, 1.165) is 47.8 Å². The highest BCUT2D eigenvalue weighted by Crippen LogP contribution is 2.49. The molecule has 3 heterocycles. The number of carbonyl (C=O) groups excluding carboxylic acids is 4. The fraction of sp³-hybridized carbons (Fsp3) is 0.683. The molecule has 1 saturated heterocycles. The highest BCUT2D eigenvalue weighted by molar-refractivity contribution is 7.91. The first-order chi connectivity index (χ1) is 26.4. The Morgan fingerprint density at radius 1 is 1.12 bits per heavy atom. The van der Waals surface area contributed by atoms with Crippen LogP contribution >= 0.6 is 0 Å². The van der Waals surface area contributed by atoms with Crippen molar-refractivity contribution in [3.8, 4) is 11.5 Å². The molecule has 0 radical (unpaired) electrons. The second-order valence-corrected chi connectivity index (χ2v) is 19.8. The first kappa shape index (κ1) is 41.5. The summed E-state index contributed by atoms with van der Waals surface area (Å²) in [6.07, 6.45) is 7.00. The van der Waals surface area contributed by atoms with Gasteiger partial charge in [0.25, 0.3) is 5.91 Å². The second-order valence-electron chi connectivity index (χ2n) is 17.8. The molecule has 308 valence electrons. The Hall–Kier alpha value is -4.14. The van der Waals surface area contributed by atoms with Gasteiger partial charge >= 0.3 is 6.09 Å². The number of unbranched alkanes of at least 4 members (excludes halogenated alkanes) is 2. The van der Waals surface area contributed by atoms with E-state index in [4.69, 9.17) is 24.9 Å². The molecule has 1 aromatic carbocycles. The van der Waals surface area contributed by atoms with E-state index in [1.807, 2.05) is 52.8 Å². The van der Waals surface area contributed by atoms with Gasteiger partial charge in [-0.05, 0) is 86.8 Å². The fourth-order valence-electron chi connectivity index (χ4n) is 8.45. The van der Waals surface area contributed by atoms with Crippen LogP contribution in [0.3, 0.4) is 0 Å². The topological polar surface area (TPSA) is 196 Å².